The lowest BCUT2D eigenvalue weighted by Gasteiger charge is -2.08. The van der Waals surface area contributed by atoms with E-state index in [1.54, 1.807) is 18.2 Å². The van der Waals surface area contributed by atoms with Gasteiger partial charge in [0.15, 0.2) is 5.84 Å². The molecule has 20 heavy (non-hydrogen) atoms. The molecule has 3 N–H and O–H groups in total. The van der Waals surface area contributed by atoms with Gasteiger partial charge in [0, 0.05) is 17.2 Å². The van der Waals surface area contributed by atoms with Gasteiger partial charge in [0.05, 0.1) is 19.8 Å². The molecule has 0 spiro atoms. The van der Waals surface area contributed by atoms with E-state index in [-0.39, 0.29) is 5.84 Å². The first kappa shape index (κ1) is 16.8. The Balaban J connectivity index is 2.34. The highest BCUT2D eigenvalue weighted by molar-refractivity contribution is 6.31. The van der Waals surface area contributed by atoms with Crippen LogP contribution in [0.15, 0.2) is 23.4 Å². The molecule has 0 saturated heterocycles. The highest BCUT2D eigenvalue weighted by Gasteiger charge is 2.05. The summed E-state index contributed by atoms with van der Waals surface area (Å²) in [5.74, 6) is 0.0312. The van der Waals surface area contributed by atoms with Crippen LogP contribution in [0, 0.1) is 0 Å². The number of rotatable bonds is 9. The van der Waals surface area contributed by atoms with E-state index < -0.39 is 0 Å². The van der Waals surface area contributed by atoms with Gasteiger partial charge in [-0.15, -0.1) is 0 Å². The summed E-state index contributed by atoms with van der Waals surface area (Å²) in [5.41, 5.74) is 6.92. The minimum Gasteiger partial charge on any atom is -0.409 e. The second-order valence-corrected chi connectivity index (χ2v) is 4.72. The molecule has 0 aliphatic carbocycles. The molecule has 0 aliphatic rings. The molecule has 0 aliphatic heterocycles. The van der Waals surface area contributed by atoms with Crippen LogP contribution in [0.5, 0.6) is 0 Å². The van der Waals surface area contributed by atoms with E-state index in [1.807, 2.05) is 0 Å². The molecule has 1 aromatic rings. The average molecular weight is 301 g/mol. The van der Waals surface area contributed by atoms with Crippen molar-refractivity contribution in [1.29, 1.82) is 0 Å². The van der Waals surface area contributed by atoms with E-state index in [0.717, 1.165) is 25.0 Å². The third-order valence-corrected chi connectivity index (χ3v) is 3.08. The van der Waals surface area contributed by atoms with Crippen molar-refractivity contribution in [1.82, 2.24) is 0 Å². The van der Waals surface area contributed by atoms with E-state index in [9.17, 15) is 0 Å². The van der Waals surface area contributed by atoms with Crippen LogP contribution in [0.4, 0.5) is 0 Å². The maximum Gasteiger partial charge on any atom is 0.170 e. The van der Waals surface area contributed by atoms with E-state index in [2.05, 4.69) is 12.1 Å². The smallest absolute Gasteiger partial charge is 0.170 e. The molecule has 0 aromatic heterocycles. The van der Waals surface area contributed by atoms with Crippen molar-refractivity contribution < 1.29 is 14.7 Å². The first-order valence-electron chi connectivity index (χ1n) is 6.60. The zero-order valence-corrected chi connectivity index (χ0v) is 12.4. The molecule has 0 atom stereocenters. The van der Waals surface area contributed by atoms with Gasteiger partial charge >= 0.3 is 0 Å². The maximum absolute atomic E-state index is 8.59. The number of ether oxygens (including phenoxy) is 2. The molecule has 0 heterocycles. The van der Waals surface area contributed by atoms with Gasteiger partial charge in [-0.3, -0.25) is 0 Å². The molecule has 0 unspecified atom stereocenters. The van der Waals surface area contributed by atoms with Gasteiger partial charge in [-0.2, -0.15) is 0 Å². The summed E-state index contributed by atoms with van der Waals surface area (Å²) in [5, 5.41) is 12.0. The maximum atomic E-state index is 8.59. The third-order valence-electron chi connectivity index (χ3n) is 2.73. The van der Waals surface area contributed by atoms with E-state index in [1.165, 1.54) is 0 Å². The lowest BCUT2D eigenvalue weighted by Crippen LogP contribution is -2.13. The molecule has 0 bridgehead atoms. The van der Waals surface area contributed by atoms with Crippen molar-refractivity contribution in [2.24, 2.45) is 10.9 Å². The number of oxime groups is 1. The quantitative estimate of drug-likeness (QED) is 0.242. The number of unbranched alkanes of at least 4 members (excludes halogenated alkanes) is 1. The largest absolute Gasteiger partial charge is 0.409 e. The SMILES string of the molecule is CCCCOCCOCc1ccc(/C(N)=N/O)cc1Cl. The number of nitrogens with two attached hydrogens (primary N) is 1. The van der Waals surface area contributed by atoms with Crippen molar-refractivity contribution in [3.05, 3.63) is 34.3 Å². The molecule has 5 nitrogen and oxygen atoms in total. The molecule has 1 rings (SSSR count). The molecule has 6 heteroatoms. The highest BCUT2D eigenvalue weighted by Crippen LogP contribution is 2.18. The number of hydrogen-bond acceptors (Lipinski definition) is 4. The second kappa shape index (κ2) is 9.58. The van der Waals surface area contributed by atoms with Crippen LogP contribution in [-0.2, 0) is 16.1 Å². The molecular weight excluding hydrogens is 280 g/mol. The molecule has 0 amide bonds. The van der Waals surface area contributed by atoms with Crippen LogP contribution in [0.25, 0.3) is 0 Å². The number of hydrogen-bond donors (Lipinski definition) is 2. The normalized spacial score (nSPS) is 11.8. The number of nitrogens with zero attached hydrogens (tertiary/aromatic N) is 1. The summed E-state index contributed by atoms with van der Waals surface area (Å²) < 4.78 is 10.9. The average Bonchev–Trinajstić information content (AvgIpc) is 2.46. The minimum atomic E-state index is 0.0312. The van der Waals surface area contributed by atoms with Gasteiger partial charge in [0.1, 0.15) is 0 Å². The Morgan fingerprint density at radius 2 is 2.05 bits per heavy atom. The molecule has 0 fully saturated rings. The molecular formula is C14H21ClN2O3. The van der Waals surface area contributed by atoms with Gasteiger partial charge in [-0.25, -0.2) is 0 Å². The topological polar surface area (TPSA) is 77.1 Å². The Bertz CT molecular complexity index is 438. The summed E-state index contributed by atoms with van der Waals surface area (Å²) in [7, 11) is 0. The zero-order valence-electron chi connectivity index (χ0n) is 11.6. The van der Waals surface area contributed by atoms with E-state index >= 15 is 0 Å². The highest BCUT2D eigenvalue weighted by atomic mass is 35.5. The standard InChI is InChI=1S/C14H21ClN2O3/c1-2-3-6-19-7-8-20-10-12-5-4-11(9-13(12)15)14(16)17-18/h4-5,9,18H,2-3,6-8,10H2,1H3,(H2,16,17). The minimum absolute atomic E-state index is 0.0312. The van der Waals surface area contributed by atoms with Gasteiger partial charge in [-0.1, -0.05) is 42.2 Å². The van der Waals surface area contributed by atoms with Crippen molar-refractivity contribution >= 4 is 17.4 Å². The Kier molecular flexibility index (Phi) is 8.02. The Morgan fingerprint density at radius 3 is 2.70 bits per heavy atom. The first-order valence-corrected chi connectivity index (χ1v) is 6.98. The van der Waals surface area contributed by atoms with Crippen LogP contribution < -0.4 is 5.73 Å². The van der Waals surface area contributed by atoms with E-state index in [4.69, 9.17) is 32.0 Å². The Morgan fingerprint density at radius 1 is 1.30 bits per heavy atom. The zero-order chi connectivity index (χ0) is 14.8. The first-order chi connectivity index (χ1) is 9.69. The Labute approximate surface area is 124 Å². The van der Waals surface area contributed by atoms with E-state index in [0.29, 0.717) is 30.4 Å². The summed E-state index contributed by atoms with van der Waals surface area (Å²) in [6, 6.07) is 5.18. The fourth-order valence-electron chi connectivity index (χ4n) is 1.53. The predicted molar refractivity (Wildman–Crippen MR) is 79.3 cm³/mol. The van der Waals surface area contributed by atoms with Gasteiger partial charge in [-0.05, 0) is 18.1 Å². The van der Waals surface area contributed by atoms with Crippen LogP contribution in [0.1, 0.15) is 30.9 Å². The van der Waals surface area contributed by atoms with Crippen LogP contribution >= 0.6 is 11.6 Å². The predicted octanol–water partition coefficient (Wildman–Crippen LogP) is 2.77. The molecule has 0 saturated carbocycles. The van der Waals surface area contributed by atoms with Crippen molar-refractivity contribution in [2.45, 2.75) is 26.4 Å². The van der Waals surface area contributed by atoms with Crippen molar-refractivity contribution in [3.8, 4) is 0 Å². The summed E-state index contributed by atoms with van der Waals surface area (Å²) in [6.45, 7) is 4.42. The lowest BCUT2D eigenvalue weighted by atomic mass is 10.1. The summed E-state index contributed by atoms with van der Waals surface area (Å²) >= 11 is 6.11. The summed E-state index contributed by atoms with van der Waals surface area (Å²) in [6.07, 6.45) is 2.20. The number of halogens is 1. The van der Waals surface area contributed by atoms with Crippen molar-refractivity contribution in [2.75, 3.05) is 19.8 Å². The number of benzene rings is 1. The fraction of sp³-hybridized carbons (Fsp3) is 0.500. The summed E-state index contributed by atoms with van der Waals surface area (Å²) in [4.78, 5) is 0. The Hall–Kier alpha value is -1.30. The monoisotopic (exact) mass is 300 g/mol. The van der Waals surface area contributed by atoms with Crippen LogP contribution in [0.3, 0.4) is 0 Å². The van der Waals surface area contributed by atoms with Crippen LogP contribution in [0.2, 0.25) is 5.02 Å². The second-order valence-electron chi connectivity index (χ2n) is 4.31. The molecule has 112 valence electrons. The lowest BCUT2D eigenvalue weighted by molar-refractivity contribution is 0.0397. The van der Waals surface area contributed by atoms with Gasteiger partial charge in [0.2, 0.25) is 0 Å². The molecule has 1 aromatic carbocycles. The molecule has 0 radical (unpaired) electrons. The fourth-order valence-corrected chi connectivity index (χ4v) is 1.76. The third kappa shape index (κ3) is 5.77. The van der Waals surface area contributed by atoms with Crippen molar-refractivity contribution in [3.63, 3.8) is 0 Å². The number of amidine groups is 1. The van der Waals surface area contributed by atoms with Gasteiger partial charge in [0.25, 0.3) is 0 Å². The van der Waals surface area contributed by atoms with Crippen LogP contribution in [-0.4, -0.2) is 30.9 Å². The van der Waals surface area contributed by atoms with Gasteiger partial charge < -0.3 is 20.4 Å².